The lowest BCUT2D eigenvalue weighted by Crippen LogP contribution is -2.23. The van der Waals surface area contributed by atoms with Crippen molar-refractivity contribution >= 4 is 11.9 Å². The Morgan fingerprint density at radius 2 is 1.48 bits per heavy atom. The average molecular weight is 561 g/mol. The van der Waals surface area contributed by atoms with Crippen molar-refractivity contribution in [1.29, 1.82) is 0 Å². The van der Waals surface area contributed by atoms with Gasteiger partial charge in [-0.2, -0.15) is 0 Å². The van der Waals surface area contributed by atoms with E-state index in [2.05, 4.69) is 29.6 Å². The Hall–Kier alpha value is -5.17. The lowest BCUT2D eigenvalue weighted by Gasteiger charge is -2.13. The third-order valence-corrected chi connectivity index (χ3v) is 7.00. The van der Waals surface area contributed by atoms with Gasteiger partial charge < -0.3 is 19.6 Å². The zero-order valence-corrected chi connectivity index (χ0v) is 23.4. The summed E-state index contributed by atoms with van der Waals surface area (Å²) in [5.74, 6) is 0.883. The van der Waals surface area contributed by atoms with Crippen LogP contribution in [0, 0.1) is 6.92 Å². The summed E-state index contributed by atoms with van der Waals surface area (Å²) in [5, 5.41) is 12.1. The molecule has 0 aliphatic rings. The fourth-order valence-corrected chi connectivity index (χ4v) is 4.69. The standard InChI is InChI=1S/C35H32N2O5/c1-24-32(37-35(42-24)29-14-12-26(13-15-29)25-8-4-2-5-9-25)20-21-41-31-18-16-27(17-19-33(38)39)30(22-31)23-36-34(40)28-10-6-3-7-11-28/h2-16,18,22H,17,19-21,23H2,1H3,(H,36,40)(H,38,39). The summed E-state index contributed by atoms with van der Waals surface area (Å²) in [6.07, 6.45) is 0.917. The van der Waals surface area contributed by atoms with Crippen molar-refractivity contribution in [1.82, 2.24) is 10.3 Å². The molecule has 4 aromatic carbocycles. The molecular formula is C35H32N2O5. The minimum absolute atomic E-state index is 0.00257. The number of benzene rings is 4. The first-order valence-corrected chi connectivity index (χ1v) is 13.9. The summed E-state index contributed by atoms with van der Waals surface area (Å²) in [4.78, 5) is 28.5. The summed E-state index contributed by atoms with van der Waals surface area (Å²) < 4.78 is 12.0. The van der Waals surface area contributed by atoms with E-state index in [9.17, 15) is 9.59 Å². The second kappa shape index (κ2) is 13.5. The molecule has 0 saturated carbocycles. The molecule has 0 radical (unpaired) electrons. The van der Waals surface area contributed by atoms with E-state index in [0.717, 1.165) is 39.3 Å². The molecular weight excluding hydrogens is 528 g/mol. The van der Waals surface area contributed by atoms with Gasteiger partial charge in [0.2, 0.25) is 5.89 Å². The number of aryl methyl sites for hydroxylation is 2. The lowest BCUT2D eigenvalue weighted by molar-refractivity contribution is -0.136. The first kappa shape index (κ1) is 28.4. The number of nitrogens with zero attached hydrogens (tertiary/aromatic N) is 1. The second-order valence-corrected chi connectivity index (χ2v) is 9.94. The molecule has 0 atom stereocenters. The first-order chi connectivity index (χ1) is 20.5. The van der Waals surface area contributed by atoms with E-state index in [1.165, 1.54) is 0 Å². The van der Waals surface area contributed by atoms with Gasteiger partial charge in [-0.15, -0.1) is 0 Å². The fourth-order valence-electron chi connectivity index (χ4n) is 4.69. The molecule has 0 aliphatic heterocycles. The van der Waals surface area contributed by atoms with Gasteiger partial charge >= 0.3 is 5.97 Å². The van der Waals surface area contributed by atoms with Crippen LogP contribution in [-0.4, -0.2) is 28.6 Å². The zero-order valence-electron chi connectivity index (χ0n) is 23.4. The number of ether oxygens (including phenoxy) is 1. The van der Waals surface area contributed by atoms with Crippen molar-refractivity contribution in [3.8, 4) is 28.3 Å². The van der Waals surface area contributed by atoms with E-state index in [1.807, 2.05) is 73.7 Å². The van der Waals surface area contributed by atoms with Crippen molar-refractivity contribution in [2.75, 3.05) is 6.61 Å². The number of carboxylic acids is 1. The molecule has 2 N–H and O–H groups in total. The molecule has 0 spiro atoms. The largest absolute Gasteiger partial charge is 0.493 e. The quantitative estimate of drug-likeness (QED) is 0.172. The van der Waals surface area contributed by atoms with Crippen LogP contribution in [0.2, 0.25) is 0 Å². The van der Waals surface area contributed by atoms with Crippen molar-refractivity contribution < 1.29 is 23.8 Å². The van der Waals surface area contributed by atoms with Gasteiger partial charge in [-0.25, -0.2) is 4.98 Å². The molecule has 1 amide bonds. The summed E-state index contributed by atoms with van der Waals surface area (Å²) in [7, 11) is 0. The van der Waals surface area contributed by atoms with Crippen LogP contribution < -0.4 is 10.1 Å². The average Bonchev–Trinajstić information content (AvgIpc) is 3.40. The number of hydrogen-bond donors (Lipinski definition) is 2. The van der Waals surface area contributed by atoms with Gasteiger partial charge in [-0.1, -0.05) is 66.7 Å². The molecule has 0 saturated heterocycles. The maximum absolute atomic E-state index is 12.6. The van der Waals surface area contributed by atoms with Gasteiger partial charge in [0.1, 0.15) is 11.5 Å². The van der Waals surface area contributed by atoms with Crippen LogP contribution in [0.4, 0.5) is 0 Å². The number of carbonyl (C=O) groups excluding carboxylic acids is 1. The normalized spacial score (nSPS) is 10.8. The number of aliphatic carboxylic acids is 1. The van der Waals surface area contributed by atoms with Crippen LogP contribution in [-0.2, 0) is 24.2 Å². The van der Waals surface area contributed by atoms with Crippen LogP contribution in [0.25, 0.3) is 22.6 Å². The molecule has 7 heteroatoms. The Labute approximate surface area is 244 Å². The Morgan fingerprint density at radius 1 is 0.810 bits per heavy atom. The van der Waals surface area contributed by atoms with Gasteiger partial charge in [0.25, 0.3) is 5.91 Å². The zero-order chi connectivity index (χ0) is 29.3. The second-order valence-electron chi connectivity index (χ2n) is 9.94. The number of nitrogens with one attached hydrogen (secondary N) is 1. The highest BCUT2D eigenvalue weighted by Crippen LogP contribution is 2.26. The number of carbonyl (C=O) groups is 2. The molecule has 0 fully saturated rings. The highest BCUT2D eigenvalue weighted by molar-refractivity contribution is 5.94. The molecule has 7 nitrogen and oxygen atoms in total. The van der Waals surface area contributed by atoms with Crippen LogP contribution in [0.1, 0.15) is 39.4 Å². The SMILES string of the molecule is Cc1oc(-c2ccc(-c3ccccc3)cc2)nc1CCOc1ccc(CCC(=O)O)c(CNC(=O)c2ccccc2)c1. The number of rotatable bonds is 12. The van der Waals surface area contributed by atoms with E-state index in [4.69, 9.17) is 19.2 Å². The van der Waals surface area contributed by atoms with Crippen LogP contribution >= 0.6 is 0 Å². The van der Waals surface area contributed by atoms with Crippen LogP contribution in [0.3, 0.4) is 0 Å². The third-order valence-electron chi connectivity index (χ3n) is 7.00. The maximum Gasteiger partial charge on any atom is 0.303 e. The van der Waals surface area contributed by atoms with Gasteiger partial charge in [0.05, 0.1) is 12.3 Å². The molecule has 0 bridgehead atoms. The van der Waals surface area contributed by atoms with E-state index >= 15 is 0 Å². The lowest BCUT2D eigenvalue weighted by atomic mass is 10.0. The predicted octanol–water partition coefficient (Wildman–Crippen LogP) is 6.89. The third kappa shape index (κ3) is 7.31. The molecule has 5 rings (SSSR count). The van der Waals surface area contributed by atoms with Gasteiger partial charge in [-0.3, -0.25) is 9.59 Å². The number of oxazole rings is 1. The van der Waals surface area contributed by atoms with Crippen molar-refractivity contribution in [3.05, 3.63) is 131 Å². The van der Waals surface area contributed by atoms with E-state index in [-0.39, 0.29) is 18.9 Å². The molecule has 5 aromatic rings. The molecule has 42 heavy (non-hydrogen) atoms. The number of hydrogen-bond acceptors (Lipinski definition) is 5. The Kier molecular flexibility index (Phi) is 9.09. The fraction of sp³-hybridized carbons (Fsp3) is 0.171. The topological polar surface area (TPSA) is 102 Å². The minimum Gasteiger partial charge on any atom is -0.493 e. The highest BCUT2D eigenvalue weighted by atomic mass is 16.5. The van der Waals surface area contributed by atoms with Crippen LogP contribution in [0.15, 0.2) is 108 Å². The monoisotopic (exact) mass is 560 g/mol. The van der Waals surface area contributed by atoms with Gasteiger partial charge in [0.15, 0.2) is 0 Å². The molecule has 0 aliphatic carbocycles. The van der Waals surface area contributed by atoms with Crippen molar-refractivity contribution in [2.24, 2.45) is 0 Å². The van der Waals surface area contributed by atoms with Gasteiger partial charge in [0, 0.05) is 30.5 Å². The molecule has 1 heterocycles. The number of amides is 1. The molecule has 212 valence electrons. The predicted molar refractivity (Wildman–Crippen MR) is 161 cm³/mol. The number of aromatic nitrogens is 1. The molecule has 0 unspecified atom stereocenters. The Morgan fingerprint density at radius 3 is 2.19 bits per heavy atom. The summed E-state index contributed by atoms with van der Waals surface area (Å²) >= 11 is 0. The molecule has 1 aromatic heterocycles. The van der Waals surface area contributed by atoms with E-state index in [1.54, 1.807) is 12.1 Å². The summed E-state index contributed by atoms with van der Waals surface area (Å²) in [6.45, 7) is 2.54. The Balaban J connectivity index is 1.22. The highest BCUT2D eigenvalue weighted by Gasteiger charge is 2.13. The smallest absolute Gasteiger partial charge is 0.303 e. The Bertz CT molecular complexity index is 1640. The van der Waals surface area contributed by atoms with Crippen LogP contribution in [0.5, 0.6) is 5.75 Å². The maximum atomic E-state index is 12.6. The first-order valence-electron chi connectivity index (χ1n) is 13.9. The van der Waals surface area contributed by atoms with Gasteiger partial charge in [-0.05, 0) is 72.0 Å². The number of carboxylic acid groups (broad SMARTS) is 1. The van der Waals surface area contributed by atoms with Crippen molar-refractivity contribution in [3.63, 3.8) is 0 Å². The van der Waals surface area contributed by atoms with E-state index in [0.29, 0.717) is 36.7 Å². The summed E-state index contributed by atoms with van der Waals surface area (Å²) in [6, 6.07) is 32.9. The minimum atomic E-state index is -0.871. The van der Waals surface area contributed by atoms with Crippen molar-refractivity contribution in [2.45, 2.75) is 32.7 Å². The van der Waals surface area contributed by atoms with E-state index < -0.39 is 5.97 Å². The summed E-state index contributed by atoms with van der Waals surface area (Å²) in [5.41, 5.74) is 6.25.